The Bertz CT molecular complexity index is 1180. The van der Waals surface area contributed by atoms with Crippen LogP contribution in [0.5, 0.6) is 5.75 Å². The molecule has 3 aliphatic rings. The van der Waals surface area contributed by atoms with E-state index in [9.17, 15) is 39.9 Å². The number of carbonyl (C=O) groups is 3. The minimum absolute atomic E-state index is 0.124. The SMILES string of the molecule is C=C1c2cccc(O)c2C(O)=C2C(=O)[C@]3(O)C(O)=C(C(N)=O)C(=O)C(N(C)C)C3[C@@H](O)[C@H]12. The monoisotopic (exact) mass is 442 g/mol. The third-order valence-corrected chi connectivity index (χ3v) is 6.61. The van der Waals surface area contributed by atoms with E-state index in [0.717, 1.165) is 0 Å². The standard InChI is InChI=1S/C22H22N2O8/c1-7-8-5-4-6-9(25)11(8)16(26)12-10(7)17(27)14-15(24(2)3)18(28)13(21(23)31)20(30)22(14,32)19(12)29/h4-6,10,14-15,17,25-27,30,32H,1H2,2-3H3,(H2,23,31)/t10-,14?,15?,17+,22+/m1/s1. The highest BCUT2D eigenvalue weighted by atomic mass is 16.4. The van der Waals surface area contributed by atoms with Gasteiger partial charge in [0, 0.05) is 5.92 Å². The summed E-state index contributed by atoms with van der Waals surface area (Å²) in [5, 5.41) is 54.7. The lowest BCUT2D eigenvalue weighted by Crippen LogP contribution is -2.70. The number of benzene rings is 1. The highest BCUT2D eigenvalue weighted by Crippen LogP contribution is 2.55. The van der Waals surface area contributed by atoms with Crippen LogP contribution >= 0.6 is 0 Å². The number of nitrogens with two attached hydrogens (primary N) is 1. The molecule has 7 N–H and O–H groups in total. The molecule has 168 valence electrons. The second-order valence-electron chi connectivity index (χ2n) is 8.44. The quantitative estimate of drug-likeness (QED) is 0.326. The van der Waals surface area contributed by atoms with E-state index < -0.39 is 69.7 Å². The van der Waals surface area contributed by atoms with Crippen molar-refractivity contribution in [3.05, 3.63) is 52.8 Å². The molecule has 3 aliphatic carbocycles. The van der Waals surface area contributed by atoms with Crippen molar-refractivity contribution in [2.75, 3.05) is 14.1 Å². The fourth-order valence-electron chi connectivity index (χ4n) is 5.21. The lowest BCUT2D eigenvalue weighted by molar-refractivity contribution is -0.166. The van der Waals surface area contributed by atoms with Crippen LogP contribution in [0.3, 0.4) is 0 Å². The number of primary amides is 1. The van der Waals surface area contributed by atoms with E-state index in [0.29, 0.717) is 0 Å². The Morgan fingerprint density at radius 3 is 2.38 bits per heavy atom. The first-order chi connectivity index (χ1) is 14.9. The van der Waals surface area contributed by atoms with Gasteiger partial charge < -0.3 is 31.3 Å². The molecule has 0 aliphatic heterocycles. The number of ketones is 2. The molecule has 10 nitrogen and oxygen atoms in total. The number of hydrogen-bond donors (Lipinski definition) is 6. The highest BCUT2D eigenvalue weighted by molar-refractivity contribution is 6.25. The van der Waals surface area contributed by atoms with Crippen LogP contribution in [-0.4, -0.2) is 79.7 Å². The minimum atomic E-state index is -2.94. The number of Topliss-reactive ketones (excluding diaryl/α,β-unsaturated/α-hetero) is 2. The molecule has 1 fully saturated rings. The molecule has 0 bridgehead atoms. The van der Waals surface area contributed by atoms with Crippen LogP contribution in [-0.2, 0) is 14.4 Å². The van der Waals surface area contributed by atoms with Gasteiger partial charge in [-0.3, -0.25) is 19.3 Å². The van der Waals surface area contributed by atoms with Crippen LogP contribution < -0.4 is 5.73 Å². The summed E-state index contributed by atoms with van der Waals surface area (Å²) in [5.41, 5.74) is 1.16. The van der Waals surface area contributed by atoms with Gasteiger partial charge in [0.15, 0.2) is 11.4 Å². The first kappa shape index (κ1) is 21.8. The number of phenols is 1. The van der Waals surface area contributed by atoms with E-state index in [-0.39, 0.29) is 22.4 Å². The summed E-state index contributed by atoms with van der Waals surface area (Å²) in [6.07, 6.45) is -1.69. The van der Waals surface area contributed by atoms with E-state index >= 15 is 0 Å². The van der Waals surface area contributed by atoms with Gasteiger partial charge in [-0.05, 0) is 31.3 Å². The summed E-state index contributed by atoms with van der Waals surface area (Å²) in [6.45, 7) is 3.91. The van der Waals surface area contributed by atoms with Crippen LogP contribution in [0.1, 0.15) is 11.1 Å². The zero-order valence-corrected chi connectivity index (χ0v) is 17.2. The number of hydrogen-bond acceptors (Lipinski definition) is 9. The molecule has 0 saturated heterocycles. The zero-order chi connectivity index (χ0) is 23.9. The van der Waals surface area contributed by atoms with Crippen LogP contribution in [0, 0.1) is 11.8 Å². The number of aliphatic hydroxyl groups is 4. The highest BCUT2D eigenvalue weighted by Gasteiger charge is 2.68. The molecule has 32 heavy (non-hydrogen) atoms. The summed E-state index contributed by atoms with van der Waals surface area (Å²) in [4.78, 5) is 39.8. The molecule has 2 unspecified atom stereocenters. The van der Waals surface area contributed by atoms with Crippen molar-refractivity contribution in [1.82, 2.24) is 4.90 Å². The average Bonchev–Trinajstić information content (AvgIpc) is 2.70. The van der Waals surface area contributed by atoms with Gasteiger partial charge in [-0.25, -0.2) is 0 Å². The predicted octanol–water partition coefficient (Wildman–Crippen LogP) is -0.594. The van der Waals surface area contributed by atoms with Crippen LogP contribution in [0.2, 0.25) is 0 Å². The molecule has 1 amide bonds. The number of phenolic OH excluding ortho intramolecular Hbond substituents is 1. The zero-order valence-electron chi connectivity index (χ0n) is 17.2. The van der Waals surface area contributed by atoms with Gasteiger partial charge in [0.2, 0.25) is 5.78 Å². The third-order valence-electron chi connectivity index (χ3n) is 6.61. The van der Waals surface area contributed by atoms with Crippen molar-refractivity contribution in [1.29, 1.82) is 0 Å². The summed E-state index contributed by atoms with van der Waals surface area (Å²) in [7, 11) is 2.88. The molecule has 0 aromatic heterocycles. The number of rotatable bonds is 2. The maximum absolute atomic E-state index is 13.6. The Hall–Kier alpha value is -3.47. The van der Waals surface area contributed by atoms with E-state index in [4.69, 9.17) is 5.73 Å². The maximum atomic E-state index is 13.6. The van der Waals surface area contributed by atoms with Crippen molar-refractivity contribution >= 4 is 28.8 Å². The van der Waals surface area contributed by atoms with Crippen LogP contribution in [0.25, 0.3) is 11.3 Å². The van der Waals surface area contributed by atoms with Gasteiger partial charge >= 0.3 is 0 Å². The second kappa shape index (κ2) is 6.76. The number of aliphatic hydroxyl groups excluding tert-OH is 3. The molecule has 1 aromatic rings. The van der Waals surface area contributed by atoms with E-state index in [1.165, 1.54) is 37.2 Å². The largest absolute Gasteiger partial charge is 0.508 e. The van der Waals surface area contributed by atoms with Crippen molar-refractivity contribution in [3.63, 3.8) is 0 Å². The lowest BCUT2D eigenvalue weighted by atomic mass is 9.55. The Labute approximate surface area is 182 Å². The van der Waals surface area contributed by atoms with E-state index in [1.54, 1.807) is 0 Å². The maximum Gasteiger partial charge on any atom is 0.255 e. The average molecular weight is 442 g/mol. The summed E-state index contributed by atoms with van der Waals surface area (Å²) >= 11 is 0. The van der Waals surface area contributed by atoms with E-state index in [2.05, 4.69) is 6.58 Å². The topological polar surface area (TPSA) is 182 Å². The minimum Gasteiger partial charge on any atom is -0.508 e. The number of nitrogens with zero attached hydrogens (tertiary/aromatic N) is 1. The van der Waals surface area contributed by atoms with Crippen LogP contribution in [0.4, 0.5) is 0 Å². The summed E-state index contributed by atoms with van der Waals surface area (Å²) in [6, 6.07) is 2.89. The number of carbonyl (C=O) groups excluding carboxylic acids is 3. The Morgan fingerprint density at radius 2 is 1.81 bits per heavy atom. The van der Waals surface area contributed by atoms with E-state index in [1.807, 2.05) is 0 Å². The van der Waals surface area contributed by atoms with Gasteiger partial charge in [0.25, 0.3) is 5.91 Å². The predicted molar refractivity (Wildman–Crippen MR) is 111 cm³/mol. The second-order valence-corrected chi connectivity index (χ2v) is 8.44. The molecular formula is C22H22N2O8. The molecule has 0 heterocycles. The Balaban J connectivity index is 2.08. The summed E-state index contributed by atoms with van der Waals surface area (Å²) < 4.78 is 0. The van der Waals surface area contributed by atoms with Crippen molar-refractivity contribution < 1.29 is 39.9 Å². The molecule has 0 spiro atoms. The molecular weight excluding hydrogens is 420 g/mol. The Morgan fingerprint density at radius 1 is 1.19 bits per heavy atom. The third kappa shape index (κ3) is 2.42. The molecule has 1 saturated carbocycles. The number of aromatic hydroxyl groups is 1. The first-order valence-electron chi connectivity index (χ1n) is 9.71. The molecule has 5 atom stereocenters. The van der Waals surface area contributed by atoms with Crippen LogP contribution in [0.15, 0.2) is 41.7 Å². The van der Waals surface area contributed by atoms with Gasteiger partial charge in [-0.1, -0.05) is 18.7 Å². The summed E-state index contributed by atoms with van der Waals surface area (Å²) in [5.74, 6) is -8.78. The molecule has 4 rings (SSSR count). The fourth-order valence-corrected chi connectivity index (χ4v) is 5.21. The lowest BCUT2D eigenvalue weighted by Gasteiger charge is -2.52. The van der Waals surface area contributed by atoms with Gasteiger partial charge in [-0.2, -0.15) is 0 Å². The number of fused-ring (bicyclic) bond motifs is 3. The molecule has 10 heteroatoms. The van der Waals surface area contributed by atoms with Crippen molar-refractivity contribution in [2.45, 2.75) is 17.7 Å². The van der Waals surface area contributed by atoms with Crippen molar-refractivity contribution in [2.24, 2.45) is 17.6 Å². The molecule has 0 radical (unpaired) electrons. The van der Waals surface area contributed by atoms with Gasteiger partial charge in [-0.15, -0.1) is 0 Å². The van der Waals surface area contributed by atoms with Crippen molar-refractivity contribution in [3.8, 4) is 5.75 Å². The fraction of sp³-hybridized carbons (Fsp3) is 0.318. The first-order valence-corrected chi connectivity index (χ1v) is 9.71. The smallest absolute Gasteiger partial charge is 0.255 e. The normalized spacial score (nSPS) is 32.1. The van der Waals surface area contributed by atoms with Gasteiger partial charge in [0.05, 0.1) is 29.2 Å². The number of amides is 1. The Kier molecular flexibility index (Phi) is 4.60. The van der Waals surface area contributed by atoms with Gasteiger partial charge in [0.1, 0.15) is 22.8 Å². The number of likely N-dealkylation sites (N-methyl/N-ethyl adjacent to an activating group) is 1. The molecule has 1 aromatic carbocycles.